The molecule has 0 heterocycles. The molecule has 2 unspecified atom stereocenters. The fourth-order valence-corrected chi connectivity index (χ4v) is 1.91. The van der Waals surface area contributed by atoms with Crippen LogP contribution in [0.15, 0.2) is 0 Å². The van der Waals surface area contributed by atoms with E-state index in [0.717, 1.165) is 13.1 Å². The minimum absolute atomic E-state index is 0.0272. The highest BCUT2D eigenvalue weighted by molar-refractivity contribution is 4.79. The summed E-state index contributed by atoms with van der Waals surface area (Å²) in [5.41, 5.74) is 5.96. The van der Waals surface area contributed by atoms with Crippen molar-refractivity contribution < 1.29 is 5.11 Å². The van der Waals surface area contributed by atoms with Gasteiger partial charge in [-0.05, 0) is 44.7 Å². The van der Waals surface area contributed by atoms with E-state index < -0.39 is 0 Å². The summed E-state index contributed by atoms with van der Waals surface area (Å²) in [5.74, 6) is 1.40. The average Bonchev–Trinajstić information content (AvgIpc) is 2.21. The van der Waals surface area contributed by atoms with Crippen LogP contribution in [0.25, 0.3) is 0 Å². The van der Waals surface area contributed by atoms with Gasteiger partial charge in [-0.15, -0.1) is 0 Å². The number of nitrogens with zero attached hydrogens (tertiary/aromatic N) is 1. The van der Waals surface area contributed by atoms with Gasteiger partial charge in [-0.3, -0.25) is 4.90 Å². The third-order valence-electron chi connectivity index (χ3n) is 3.25. The molecule has 0 fully saturated rings. The minimum atomic E-state index is 0.0272. The van der Waals surface area contributed by atoms with Gasteiger partial charge in [0.1, 0.15) is 0 Å². The Morgan fingerprint density at radius 3 is 1.59 bits per heavy atom. The van der Waals surface area contributed by atoms with E-state index >= 15 is 0 Å². The molecule has 0 bridgehead atoms. The number of nitrogens with two attached hydrogens (primary N) is 1. The summed E-state index contributed by atoms with van der Waals surface area (Å²) in [6.07, 6.45) is 2.34. The van der Waals surface area contributed by atoms with Crippen LogP contribution >= 0.6 is 0 Å². The number of hydrogen-bond donors (Lipinski definition) is 2. The molecule has 104 valence electrons. The summed E-state index contributed by atoms with van der Waals surface area (Å²) in [6, 6.07) is 0.131. The van der Waals surface area contributed by atoms with Gasteiger partial charge >= 0.3 is 0 Å². The Bertz CT molecular complexity index is 169. The van der Waals surface area contributed by atoms with Crippen LogP contribution in [0.3, 0.4) is 0 Å². The van der Waals surface area contributed by atoms with Gasteiger partial charge in [0.15, 0.2) is 0 Å². The molecule has 0 saturated heterocycles. The Morgan fingerprint density at radius 1 is 0.941 bits per heavy atom. The van der Waals surface area contributed by atoms with Crippen molar-refractivity contribution in [2.24, 2.45) is 17.6 Å². The van der Waals surface area contributed by atoms with Crippen LogP contribution in [0.5, 0.6) is 0 Å². The Labute approximate surface area is 107 Å². The second kappa shape index (κ2) is 8.90. The van der Waals surface area contributed by atoms with E-state index in [-0.39, 0.29) is 18.7 Å². The first-order chi connectivity index (χ1) is 7.88. The molecular weight excluding hydrogens is 212 g/mol. The minimum Gasteiger partial charge on any atom is -0.395 e. The monoisotopic (exact) mass is 244 g/mol. The summed E-state index contributed by atoms with van der Waals surface area (Å²) in [5, 5.41) is 9.48. The quantitative estimate of drug-likeness (QED) is 0.653. The van der Waals surface area contributed by atoms with Gasteiger partial charge in [-0.1, -0.05) is 27.7 Å². The number of aliphatic hydroxyl groups excluding tert-OH is 1. The highest BCUT2D eigenvalue weighted by atomic mass is 16.3. The first kappa shape index (κ1) is 16.9. The Hall–Kier alpha value is -0.120. The molecule has 0 radical (unpaired) electrons. The second-order valence-corrected chi connectivity index (χ2v) is 6.01. The SMILES string of the molecule is CC(C)CCN(CCC(C)C)C(CO)C(C)N. The smallest absolute Gasteiger partial charge is 0.0601 e. The lowest BCUT2D eigenvalue weighted by Gasteiger charge is -2.34. The molecular formula is C14H32N2O. The third kappa shape index (κ3) is 7.74. The van der Waals surface area contributed by atoms with E-state index in [1.54, 1.807) is 0 Å². The lowest BCUT2D eigenvalue weighted by atomic mass is 10.0. The van der Waals surface area contributed by atoms with Crippen LogP contribution in [-0.4, -0.2) is 41.8 Å². The zero-order valence-electron chi connectivity index (χ0n) is 12.3. The molecule has 0 aliphatic heterocycles. The Balaban J connectivity index is 4.35. The average molecular weight is 244 g/mol. The lowest BCUT2D eigenvalue weighted by Crippen LogP contribution is -2.49. The van der Waals surface area contributed by atoms with Gasteiger partial charge in [0.25, 0.3) is 0 Å². The maximum atomic E-state index is 9.48. The normalized spacial score (nSPS) is 15.9. The Morgan fingerprint density at radius 2 is 1.35 bits per heavy atom. The summed E-state index contributed by atoms with van der Waals surface area (Å²) in [6.45, 7) is 13.2. The zero-order valence-corrected chi connectivity index (χ0v) is 12.3. The molecule has 3 nitrogen and oxygen atoms in total. The van der Waals surface area contributed by atoms with Crippen LogP contribution in [-0.2, 0) is 0 Å². The predicted molar refractivity (Wildman–Crippen MR) is 75.0 cm³/mol. The van der Waals surface area contributed by atoms with Crippen molar-refractivity contribution in [1.82, 2.24) is 4.90 Å². The van der Waals surface area contributed by atoms with E-state index in [1.165, 1.54) is 12.8 Å². The van der Waals surface area contributed by atoms with E-state index in [9.17, 15) is 5.11 Å². The maximum Gasteiger partial charge on any atom is 0.0601 e. The molecule has 3 N–H and O–H groups in total. The lowest BCUT2D eigenvalue weighted by molar-refractivity contribution is 0.0986. The van der Waals surface area contributed by atoms with Crippen LogP contribution in [0.1, 0.15) is 47.5 Å². The highest BCUT2D eigenvalue weighted by Crippen LogP contribution is 2.11. The van der Waals surface area contributed by atoms with Gasteiger partial charge in [0, 0.05) is 12.1 Å². The van der Waals surface area contributed by atoms with Gasteiger partial charge < -0.3 is 10.8 Å². The van der Waals surface area contributed by atoms with E-state index in [2.05, 4.69) is 32.6 Å². The molecule has 17 heavy (non-hydrogen) atoms. The van der Waals surface area contributed by atoms with Crippen molar-refractivity contribution in [3.63, 3.8) is 0 Å². The first-order valence-electron chi connectivity index (χ1n) is 6.99. The molecule has 0 aromatic heterocycles. The van der Waals surface area contributed by atoms with Crippen LogP contribution in [0.2, 0.25) is 0 Å². The summed E-state index contributed by atoms with van der Waals surface area (Å²) >= 11 is 0. The highest BCUT2D eigenvalue weighted by Gasteiger charge is 2.21. The zero-order chi connectivity index (χ0) is 13.4. The number of rotatable bonds is 9. The van der Waals surface area contributed by atoms with E-state index in [1.807, 2.05) is 6.92 Å². The topological polar surface area (TPSA) is 49.5 Å². The van der Waals surface area contributed by atoms with E-state index in [0.29, 0.717) is 11.8 Å². The van der Waals surface area contributed by atoms with Crippen molar-refractivity contribution in [3.8, 4) is 0 Å². The summed E-state index contributed by atoms with van der Waals surface area (Å²) in [4.78, 5) is 2.37. The Kier molecular flexibility index (Phi) is 8.83. The molecule has 0 spiro atoms. The predicted octanol–water partition coefficient (Wildman–Crippen LogP) is 2.09. The molecule has 0 saturated carbocycles. The van der Waals surface area contributed by atoms with Crippen molar-refractivity contribution in [2.75, 3.05) is 19.7 Å². The molecule has 0 aliphatic carbocycles. The van der Waals surface area contributed by atoms with Crippen LogP contribution in [0, 0.1) is 11.8 Å². The molecule has 0 aromatic carbocycles. The standard InChI is InChI=1S/C14H32N2O/c1-11(2)6-8-16(9-7-12(3)4)14(10-17)13(5)15/h11-14,17H,6-10,15H2,1-5H3. The van der Waals surface area contributed by atoms with E-state index in [4.69, 9.17) is 5.73 Å². The largest absolute Gasteiger partial charge is 0.395 e. The van der Waals surface area contributed by atoms with Crippen LogP contribution < -0.4 is 5.73 Å². The summed E-state index contributed by atoms with van der Waals surface area (Å²) in [7, 11) is 0. The van der Waals surface area contributed by atoms with Gasteiger partial charge in [0.05, 0.1) is 6.61 Å². The molecule has 0 amide bonds. The first-order valence-corrected chi connectivity index (χ1v) is 6.99. The molecule has 3 heteroatoms. The van der Waals surface area contributed by atoms with Crippen LogP contribution in [0.4, 0.5) is 0 Å². The maximum absolute atomic E-state index is 9.48. The van der Waals surface area contributed by atoms with Crippen molar-refractivity contribution in [3.05, 3.63) is 0 Å². The van der Waals surface area contributed by atoms with Gasteiger partial charge in [-0.2, -0.15) is 0 Å². The van der Waals surface area contributed by atoms with Gasteiger partial charge in [-0.25, -0.2) is 0 Å². The fourth-order valence-electron chi connectivity index (χ4n) is 1.91. The second-order valence-electron chi connectivity index (χ2n) is 6.01. The van der Waals surface area contributed by atoms with Crippen molar-refractivity contribution >= 4 is 0 Å². The summed E-state index contributed by atoms with van der Waals surface area (Å²) < 4.78 is 0. The van der Waals surface area contributed by atoms with Crippen molar-refractivity contribution in [2.45, 2.75) is 59.5 Å². The van der Waals surface area contributed by atoms with Gasteiger partial charge in [0.2, 0.25) is 0 Å². The molecule has 0 rings (SSSR count). The molecule has 0 aromatic rings. The van der Waals surface area contributed by atoms with Crippen molar-refractivity contribution in [1.29, 1.82) is 0 Å². The molecule has 2 atom stereocenters. The third-order valence-corrected chi connectivity index (χ3v) is 3.25. The number of aliphatic hydroxyl groups is 1. The number of hydrogen-bond acceptors (Lipinski definition) is 3. The molecule has 0 aliphatic rings. The fraction of sp³-hybridized carbons (Fsp3) is 1.00.